The van der Waals surface area contributed by atoms with Gasteiger partial charge in [-0.1, -0.05) is 12.1 Å². The third-order valence-electron chi connectivity index (χ3n) is 5.28. The highest BCUT2D eigenvalue weighted by Crippen LogP contribution is 2.48. The van der Waals surface area contributed by atoms with E-state index in [0.717, 1.165) is 0 Å². The fraction of sp³-hybridized carbons (Fsp3) is 0.400. The van der Waals surface area contributed by atoms with E-state index in [2.05, 4.69) is 0 Å². The highest BCUT2D eigenvalue weighted by molar-refractivity contribution is 7.94. The first kappa shape index (κ1) is 22.5. The van der Waals surface area contributed by atoms with Crippen molar-refractivity contribution in [1.29, 1.82) is 0 Å². The Bertz CT molecular complexity index is 1070. The zero-order chi connectivity index (χ0) is 22.3. The molecule has 0 bridgehead atoms. The molecule has 5 nitrogen and oxygen atoms in total. The minimum absolute atomic E-state index is 0.0678. The van der Waals surface area contributed by atoms with Crippen molar-refractivity contribution in [3.8, 4) is 0 Å². The van der Waals surface area contributed by atoms with Gasteiger partial charge in [-0.3, -0.25) is 4.72 Å². The van der Waals surface area contributed by atoms with E-state index in [1.165, 1.54) is 18.2 Å². The van der Waals surface area contributed by atoms with Crippen LogP contribution in [0.2, 0.25) is 0 Å². The monoisotopic (exact) mass is 447 g/mol. The maximum absolute atomic E-state index is 14.5. The molecule has 0 amide bonds. The number of anilines is 1. The minimum atomic E-state index is -4.33. The molecule has 1 aliphatic carbocycles. The van der Waals surface area contributed by atoms with Gasteiger partial charge in [-0.25, -0.2) is 26.0 Å². The Morgan fingerprint density at radius 2 is 1.77 bits per heavy atom. The lowest BCUT2D eigenvalue weighted by molar-refractivity contribution is 0.0858. The van der Waals surface area contributed by atoms with Crippen LogP contribution in [0, 0.1) is 30.2 Å². The number of aliphatic hydroxyl groups is 2. The third kappa shape index (κ3) is 4.30. The summed E-state index contributed by atoms with van der Waals surface area (Å²) in [6, 6.07) is 4.24. The molecule has 3 N–H and O–H groups in total. The number of aryl methyl sites for hydroxylation is 1. The summed E-state index contributed by atoms with van der Waals surface area (Å²) >= 11 is 0. The van der Waals surface area contributed by atoms with Gasteiger partial charge in [0.1, 0.15) is 5.82 Å². The van der Waals surface area contributed by atoms with Gasteiger partial charge in [-0.15, -0.1) is 0 Å². The van der Waals surface area contributed by atoms with Crippen molar-refractivity contribution in [1.82, 2.24) is 0 Å². The number of halogens is 4. The second kappa shape index (κ2) is 8.16. The van der Waals surface area contributed by atoms with Gasteiger partial charge in [0, 0.05) is 18.1 Å². The Morgan fingerprint density at radius 1 is 1.10 bits per heavy atom. The predicted octanol–water partition coefficient (Wildman–Crippen LogP) is 3.16. The van der Waals surface area contributed by atoms with E-state index in [1.54, 1.807) is 6.92 Å². The van der Waals surface area contributed by atoms with E-state index in [4.69, 9.17) is 5.11 Å². The van der Waals surface area contributed by atoms with E-state index in [1.807, 2.05) is 4.72 Å². The van der Waals surface area contributed by atoms with Crippen LogP contribution >= 0.6 is 0 Å². The summed E-state index contributed by atoms with van der Waals surface area (Å²) < 4.78 is 83.3. The Kier molecular flexibility index (Phi) is 6.13. The molecule has 10 heteroatoms. The summed E-state index contributed by atoms with van der Waals surface area (Å²) in [5, 5.41) is 18.6. The number of hydrogen-bond donors (Lipinski definition) is 3. The van der Waals surface area contributed by atoms with Gasteiger partial charge < -0.3 is 10.2 Å². The first-order valence-electron chi connectivity index (χ1n) is 9.22. The van der Waals surface area contributed by atoms with Gasteiger partial charge in [0.05, 0.1) is 23.1 Å². The van der Waals surface area contributed by atoms with Crippen molar-refractivity contribution in [3.63, 3.8) is 0 Å². The third-order valence-corrected chi connectivity index (χ3v) is 7.46. The molecule has 30 heavy (non-hydrogen) atoms. The molecule has 0 spiro atoms. The first-order chi connectivity index (χ1) is 14.0. The second-order valence-electron chi connectivity index (χ2n) is 7.61. The van der Waals surface area contributed by atoms with Crippen LogP contribution in [-0.4, -0.2) is 36.1 Å². The highest BCUT2D eigenvalue weighted by atomic mass is 32.2. The average Bonchev–Trinajstić information content (AvgIpc) is 3.45. The summed E-state index contributed by atoms with van der Waals surface area (Å²) in [6.45, 7) is 0.972. The van der Waals surface area contributed by atoms with Crippen molar-refractivity contribution in [3.05, 3.63) is 64.2 Å². The lowest BCUT2D eigenvalue weighted by Gasteiger charge is -2.22. The molecule has 1 aliphatic rings. The quantitative estimate of drug-likeness (QED) is 0.429. The predicted molar refractivity (Wildman–Crippen MR) is 102 cm³/mol. The average molecular weight is 447 g/mol. The van der Waals surface area contributed by atoms with Crippen molar-refractivity contribution >= 4 is 15.7 Å². The standard InChI is InChI=1S/C20H21F4NO4S/c1-11-2-3-12(15(21)6-11)7-14-18(24)16(22)8-17(23)19(14)25-30(28,29)20(4-5-20)9-13(27)10-26/h2-3,6,8,13,25-27H,4-5,7,9-10H2,1H3. The van der Waals surface area contributed by atoms with Crippen molar-refractivity contribution < 1.29 is 36.2 Å². The number of rotatable bonds is 8. The molecule has 164 valence electrons. The topological polar surface area (TPSA) is 86.6 Å². The highest BCUT2D eigenvalue weighted by Gasteiger charge is 2.55. The largest absolute Gasteiger partial charge is 0.394 e. The molecule has 1 unspecified atom stereocenters. The molecule has 2 aromatic rings. The summed E-state index contributed by atoms with van der Waals surface area (Å²) in [4.78, 5) is 0. The molecule has 0 radical (unpaired) electrons. The van der Waals surface area contributed by atoms with Crippen LogP contribution in [-0.2, 0) is 16.4 Å². The normalized spacial score (nSPS) is 16.4. The molecule has 0 aromatic heterocycles. The number of hydrogen-bond acceptors (Lipinski definition) is 4. The second-order valence-corrected chi connectivity index (χ2v) is 9.69. The number of aliphatic hydroxyl groups excluding tert-OH is 2. The molecule has 3 rings (SSSR count). The molecular formula is C20H21F4NO4S. The Balaban J connectivity index is 2.02. The van der Waals surface area contributed by atoms with E-state index >= 15 is 0 Å². The maximum atomic E-state index is 14.5. The summed E-state index contributed by atoms with van der Waals surface area (Å²) in [7, 11) is -4.33. The number of nitrogens with one attached hydrogen (secondary N) is 1. The molecule has 0 aliphatic heterocycles. The maximum Gasteiger partial charge on any atom is 0.238 e. The fourth-order valence-corrected chi connectivity index (χ4v) is 5.12. The molecule has 1 atom stereocenters. The summed E-state index contributed by atoms with van der Waals surface area (Å²) in [5.74, 6) is -5.10. The lowest BCUT2D eigenvalue weighted by Crippen LogP contribution is -2.35. The summed E-state index contributed by atoms with van der Waals surface area (Å²) in [6.07, 6.45) is -1.90. The minimum Gasteiger partial charge on any atom is -0.394 e. The molecule has 0 saturated heterocycles. The fourth-order valence-electron chi connectivity index (χ4n) is 3.37. The molecule has 1 saturated carbocycles. The number of benzene rings is 2. The Labute approximate surface area is 171 Å². The van der Waals surface area contributed by atoms with Gasteiger partial charge in [-0.2, -0.15) is 0 Å². The van der Waals surface area contributed by atoms with Crippen LogP contribution in [0.1, 0.15) is 36.0 Å². The van der Waals surface area contributed by atoms with Gasteiger partial charge in [-0.05, 0) is 43.4 Å². The van der Waals surface area contributed by atoms with Crippen LogP contribution in [0.25, 0.3) is 0 Å². The molecule has 2 aromatic carbocycles. The number of sulfonamides is 1. The van der Waals surface area contributed by atoms with Crippen molar-refractivity contribution in [2.24, 2.45) is 0 Å². The smallest absolute Gasteiger partial charge is 0.238 e. The van der Waals surface area contributed by atoms with Crippen LogP contribution in [0.15, 0.2) is 24.3 Å². The Morgan fingerprint density at radius 3 is 2.33 bits per heavy atom. The van der Waals surface area contributed by atoms with Crippen molar-refractivity contribution in [2.45, 2.75) is 43.5 Å². The Hall–Kier alpha value is -2.17. The zero-order valence-corrected chi connectivity index (χ0v) is 16.9. The van der Waals surface area contributed by atoms with Crippen LogP contribution in [0.3, 0.4) is 0 Å². The molecular weight excluding hydrogens is 426 g/mol. The van der Waals surface area contributed by atoms with E-state index < -0.39 is 68.4 Å². The van der Waals surface area contributed by atoms with E-state index in [-0.39, 0.29) is 30.9 Å². The van der Waals surface area contributed by atoms with Gasteiger partial charge in [0.25, 0.3) is 0 Å². The SMILES string of the molecule is Cc1ccc(Cc2c(F)c(F)cc(F)c2NS(=O)(=O)C2(CC(O)CO)CC2)c(F)c1. The van der Waals surface area contributed by atoms with Crippen molar-refractivity contribution in [2.75, 3.05) is 11.3 Å². The van der Waals surface area contributed by atoms with Gasteiger partial charge >= 0.3 is 0 Å². The first-order valence-corrected chi connectivity index (χ1v) is 10.7. The van der Waals surface area contributed by atoms with Gasteiger partial charge in [0.2, 0.25) is 10.0 Å². The summed E-state index contributed by atoms with van der Waals surface area (Å²) in [5.41, 5.74) is -0.959. The zero-order valence-electron chi connectivity index (χ0n) is 16.1. The van der Waals surface area contributed by atoms with Crippen LogP contribution in [0.5, 0.6) is 0 Å². The lowest BCUT2D eigenvalue weighted by atomic mass is 10.0. The van der Waals surface area contributed by atoms with Gasteiger partial charge in [0.15, 0.2) is 17.5 Å². The van der Waals surface area contributed by atoms with E-state index in [9.17, 15) is 31.1 Å². The van der Waals surface area contributed by atoms with E-state index in [0.29, 0.717) is 5.56 Å². The molecule has 0 heterocycles. The molecule has 1 fully saturated rings. The van der Waals surface area contributed by atoms with Crippen LogP contribution < -0.4 is 4.72 Å². The van der Waals surface area contributed by atoms with Crippen LogP contribution in [0.4, 0.5) is 23.2 Å².